The number of carbonyl (C=O) groups is 1. The van der Waals surface area contributed by atoms with Crippen LogP contribution in [-0.4, -0.2) is 11.8 Å². The first kappa shape index (κ1) is 16.2. The highest BCUT2D eigenvalue weighted by molar-refractivity contribution is 7.78. The summed E-state index contributed by atoms with van der Waals surface area (Å²) in [6, 6.07) is 15.7. The fourth-order valence-electron chi connectivity index (χ4n) is 2.45. The summed E-state index contributed by atoms with van der Waals surface area (Å²) in [4.78, 5) is 11.8. The van der Waals surface area contributed by atoms with Crippen LogP contribution in [0.4, 0.5) is 13.2 Å². The molecule has 22 heavy (non-hydrogen) atoms. The van der Waals surface area contributed by atoms with Crippen LogP contribution in [-0.2, 0) is 19.7 Å². The van der Waals surface area contributed by atoms with E-state index >= 15 is 0 Å². The van der Waals surface area contributed by atoms with Gasteiger partial charge in [-0.15, -0.1) is 0 Å². The average molecular weight is 323 g/mol. The van der Waals surface area contributed by atoms with Gasteiger partial charge in [-0.1, -0.05) is 24.3 Å². The number of aryl methyl sites for hydroxylation is 1. The van der Waals surface area contributed by atoms with E-state index in [4.69, 9.17) is 12.6 Å². The van der Waals surface area contributed by atoms with Gasteiger partial charge in [-0.25, -0.2) is 0 Å². The van der Waals surface area contributed by atoms with Gasteiger partial charge in [-0.2, -0.15) is 17.7 Å². The Bertz CT molecular complexity index is 776. The molecule has 0 aliphatic heterocycles. The Kier molecular flexibility index (Phi) is 4.92. The maximum Gasteiger partial charge on any atom is 0.379 e. The number of pyridine rings is 1. The predicted molar refractivity (Wildman–Crippen MR) is 81.4 cm³/mol. The molecule has 114 valence electrons. The van der Waals surface area contributed by atoms with E-state index in [1.54, 1.807) is 0 Å². The lowest BCUT2D eigenvalue weighted by Gasteiger charge is -2.11. The van der Waals surface area contributed by atoms with E-state index in [0.29, 0.717) is 5.56 Å². The number of benzene rings is 2. The van der Waals surface area contributed by atoms with Crippen LogP contribution in [0.25, 0.3) is 21.8 Å². The van der Waals surface area contributed by atoms with Crippen LogP contribution in [0.15, 0.2) is 48.5 Å². The molecule has 0 fully saturated rings. The molecule has 0 atom stereocenters. The number of alkyl halides is 3. The van der Waals surface area contributed by atoms with Gasteiger partial charge >= 0.3 is 6.68 Å². The zero-order chi connectivity index (χ0) is 16.3. The van der Waals surface area contributed by atoms with Gasteiger partial charge in [-0.3, -0.25) is 0 Å². The second kappa shape index (κ2) is 6.70. The molecule has 3 rings (SSSR count). The van der Waals surface area contributed by atoms with Gasteiger partial charge in [0, 0.05) is 22.8 Å². The number of halogens is 3. The molecule has 3 aromatic rings. The monoisotopic (exact) mass is 323 g/mol. The lowest BCUT2D eigenvalue weighted by molar-refractivity contribution is -0.617. The van der Waals surface area contributed by atoms with Gasteiger partial charge in [0.25, 0.3) is 0 Å². The van der Waals surface area contributed by atoms with Crippen molar-refractivity contribution in [2.75, 3.05) is 0 Å². The molecule has 0 N–H and O–H groups in total. The van der Waals surface area contributed by atoms with E-state index in [1.807, 2.05) is 55.6 Å². The van der Waals surface area contributed by atoms with Crippen molar-refractivity contribution in [1.82, 2.24) is 0 Å². The summed E-state index contributed by atoms with van der Waals surface area (Å²) in [5, 5.41) is 1.53. The van der Waals surface area contributed by atoms with E-state index in [-0.39, 0.29) is 5.12 Å². The maximum absolute atomic E-state index is 11.8. The maximum atomic E-state index is 11.8. The third-order valence-corrected chi connectivity index (χ3v) is 3.48. The van der Waals surface area contributed by atoms with Crippen molar-refractivity contribution in [3.05, 3.63) is 54.1 Å². The van der Waals surface area contributed by atoms with Gasteiger partial charge in [0.1, 0.15) is 7.05 Å². The van der Waals surface area contributed by atoms with Gasteiger partial charge in [0.05, 0.1) is 10.8 Å². The minimum Gasteiger partial charge on any atom is -0.737 e. The molecule has 2 aromatic carbocycles. The Labute approximate surface area is 130 Å². The van der Waals surface area contributed by atoms with Gasteiger partial charge in [-0.05, 0) is 12.1 Å². The van der Waals surface area contributed by atoms with Crippen molar-refractivity contribution in [2.24, 2.45) is 7.05 Å². The highest BCUT2D eigenvalue weighted by atomic mass is 32.1. The first-order valence-electron chi connectivity index (χ1n) is 6.36. The SMILES string of the molecule is C[n+]1c2ccccc2c(C(=O)[S-])c2ccccc21.FC(F)F. The van der Waals surface area contributed by atoms with Crippen LogP contribution in [0.1, 0.15) is 10.4 Å². The van der Waals surface area contributed by atoms with Crippen molar-refractivity contribution in [3.8, 4) is 0 Å². The summed E-state index contributed by atoms with van der Waals surface area (Å²) in [6.45, 7) is -3.67. The van der Waals surface area contributed by atoms with Crippen LogP contribution >= 0.6 is 0 Å². The molecular weight excluding hydrogens is 311 g/mol. The van der Waals surface area contributed by atoms with Crippen LogP contribution in [0.5, 0.6) is 0 Å². The third-order valence-electron chi connectivity index (χ3n) is 3.27. The molecule has 1 heterocycles. The third kappa shape index (κ3) is 3.17. The molecule has 0 aliphatic carbocycles. The Morgan fingerprint density at radius 3 is 1.68 bits per heavy atom. The molecule has 0 saturated heterocycles. The van der Waals surface area contributed by atoms with E-state index in [1.165, 1.54) is 0 Å². The fraction of sp³-hybridized carbons (Fsp3) is 0.125. The van der Waals surface area contributed by atoms with E-state index in [9.17, 15) is 18.0 Å². The standard InChI is InChI=1S/C15H11NOS.CHF3/c1-16-12-8-4-2-6-10(12)14(15(17)18)11-7-3-5-9-13(11)16;2-1(3)4/h2-9H,1H3;1H. The Hall–Kier alpha value is -2.21. The summed E-state index contributed by atoms with van der Waals surface area (Å²) in [5.74, 6) is 0. The van der Waals surface area contributed by atoms with Crippen molar-refractivity contribution in [3.63, 3.8) is 0 Å². The Balaban J connectivity index is 0.000000396. The number of para-hydroxylation sites is 2. The zero-order valence-corrected chi connectivity index (χ0v) is 12.4. The summed E-state index contributed by atoms with van der Waals surface area (Å²) in [5.41, 5.74) is 2.67. The molecule has 0 radical (unpaired) electrons. The van der Waals surface area contributed by atoms with Crippen LogP contribution in [0, 0.1) is 0 Å². The molecule has 6 heteroatoms. The first-order chi connectivity index (χ1) is 10.4. The smallest absolute Gasteiger partial charge is 0.379 e. The van der Waals surface area contributed by atoms with Crippen molar-refractivity contribution < 1.29 is 22.5 Å². The van der Waals surface area contributed by atoms with Crippen LogP contribution in [0.2, 0.25) is 0 Å². The van der Waals surface area contributed by atoms with E-state index < -0.39 is 6.68 Å². The summed E-state index contributed by atoms with van der Waals surface area (Å²) >= 11 is 4.90. The molecule has 0 bridgehead atoms. The lowest BCUT2D eigenvalue weighted by Crippen LogP contribution is -2.31. The Morgan fingerprint density at radius 1 is 0.955 bits per heavy atom. The van der Waals surface area contributed by atoms with Crippen LogP contribution < -0.4 is 4.57 Å². The highest BCUT2D eigenvalue weighted by Gasteiger charge is 2.16. The molecule has 0 unspecified atom stereocenters. The topological polar surface area (TPSA) is 20.9 Å². The molecule has 1 aromatic heterocycles. The number of rotatable bonds is 1. The highest BCUT2D eigenvalue weighted by Crippen LogP contribution is 2.24. The van der Waals surface area contributed by atoms with Gasteiger partial charge in [0.15, 0.2) is 0 Å². The number of aromatic nitrogens is 1. The molecular formula is C16H12F3NOS. The second-order valence-corrected chi connectivity index (χ2v) is 4.87. The van der Waals surface area contributed by atoms with Gasteiger partial charge in [0.2, 0.25) is 11.0 Å². The molecule has 0 amide bonds. The summed E-state index contributed by atoms with van der Waals surface area (Å²) in [6.07, 6.45) is 0. The molecule has 0 aliphatic rings. The van der Waals surface area contributed by atoms with Crippen molar-refractivity contribution >= 4 is 39.5 Å². The van der Waals surface area contributed by atoms with Crippen molar-refractivity contribution in [1.29, 1.82) is 0 Å². The molecule has 2 nitrogen and oxygen atoms in total. The summed E-state index contributed by atoms with van der Waals surface area (Å²) in [7, 11) is 2.00. The second-order valence-electron chi connectivity index (χ2n) is 4.50. The quantitative estimate of drug-likeness (QED) is 0.387. The first-order valence-corrected chi connectivity index (χ1v) is 6.77. The fourth-order valence-corrected chi connectivity index (χ4v) is 2.67. The largest absolute Gasteiger partial charge is 0.737 e. The average Bonchev–Trinajstić information content (AvgIpc) is 2.47. The predicted octanol–water partition coefficient (Wildman–Crippen LogP) is 3.68. The zero-order valence-electron chi connectivity index (χ0n) is 11.6. The molecule has 0 saturated carbocycles. The number of nitrogens with zero attached hydrogens (tertiary/aromatic N) is 1. The van der Waals surface area contributed by atoms with E-state index in [2.05, 4.69) is 4.57 Å². The van der Waals surface area contributed by atoms with Gasteiger partial charge < -0.3 is 17.4 Å². The summed E-state index contributed by atoms with van der Waals surface area (Å²) < 4.78 is 31.1. The number of hydrogen-bond donors (Lipinski definition) is 0. The number of carbonyl (C=O) groups excluding carboxylic acids is 1. The molecule has 0 spiro atoms. The minimum atomic E-state index is -3.67. The normalized spacial score (nSPS) is 10.6. The van der Waals surface area contributed by atoms with Crippen LogP contribution in [0.3, 0.4) is 0 Å². The Morgan fingerprint density at radius 2 is 1.32 bits per heavy atom. The van der Waals surface area contributed by atoms with E-state index in [0.717, 1.165) is 21.8 Å². The van der Waals surface area contributed by atoms with Crippen molar-refractivity contribution in [2.45, 2.75) is 6.68 Å². The number of fused-ring (bicyclic) bond motifs is 2. The number of hydrogen-bond acceptors (Lipinski definition) is 2. The minimum absolute atomic E-state index is 0.303. The lowest BCUT2D eigenvalue weighted by atomic mass is 10.0.